The first-order valence-electron chi connectivity index (χ1n) is 45.6. The van der Waals surface area contributed by atoms with Gasteiger partial charge in [-0.05, 0) is 111 Å². The molecule has 1 aliphatic carbocycles. The first-order chi connectivity index (χ1) is 57.7. The van der Waals surface area contributed by atoms with Crippen LogP contribution < -0.4 is 28.4 Å². The molecule has 0 spiro atoms. The van der Waals surface area contributed by atoms with E-state index in [2.05, 4.69) is 127 Å². The van der Waals surface area contributed by atoms with Crippen molar-refractivity contribution in [3.8, 4) is 141 Å². The highest BCUT2D eigenvalue weighted by Gasteiger charge is 2.18. The van der Waals surface area contributed by atoms with Crippen molar-refractivity contribution in [2.24, 2.45) is 0 Å². The van der Waals surface area contributed by atoms with Crippen LogP contribution in [0.3, 0.4) is 0 Å². The quantitative estimate of drug-likeness (QED) is 0.0180. The van der Waals surface area contributed by atoms with Gasteiger partial charge in [-0.25, -0.2) is 0 Å². The number of unbranched alkanes of at least 4 members (excludes halogenated alkanes) is 45. The fourth-order valence-electron chi connectivity index (χ4n) is 13.5. The van der Waals surface area contributed by atoms with Crippen LogP contribution in [-0.4, -0.2) is 78.9 Å². The summed E-state index contributed by atoms with van der Waals surface area (Å²) in [4.78, 5) is 36.4. The number of rotatable bonds is 69. The van der Waals surface area contributed by atoms with Crippen molar-refractivity contribution in [3.63, 3.8) is 0 Å². The van der Waals surface area contributed by atoms with E-state index in [4.69, 9.17) is 42.6 Å². The van der Waals surface area contributed by atoms with Crippen molar-refractivity contribution in [2.45, 2.75) is 367 Å². The second kappa shape index (κ2) is 72.6. The van der Waals surface area contributed by atoms with Crippen LogP contribution in [0.25, 0.3) is 0 Å². The van der Waals surface area contributed by atoms with Gasteiger partial charge in [0.2, 0.25) is 17.3 Å². The van der Waals surface area contributed by atoms with Crippen molar-refractivity contribution in [2.75, 3.05) is 61.5 Å². The minimum absolute atomic E-state index is 0.00438. The molecule has 12 heteroatoms. The molecule has 0 bridgehead atoms. The number of carbonyl (C=O) groups is 3. The lowest BCUT2D eigenvalue weighted by Crippen LogP contribution is -2.06. The van der Waals surface area contributed by atoms with E-state index in [1.54, 1.807) is 21.3 Å². The Hall–Kier alpha value is -8.61. The van der Waals surface area contributed by atoms with Gasteiger partial charge in [0, 0.05) is 130 Å². The van der Waals surface area contributed by atoms with Crippen LogP contribution in [0.1, 0.15) is 401 Å². The van der Waals surface area contributed by atoms with E-state index in [9.17, 15) is 14.4 Å². The molecule has 0 saturated heterocycles. The normalized spacial score (nSPS) is 10.6. The van der Waals surface area contributed by atoms with E-state index in [1.807, 2.05) is 36.4 Å². The van der Waals surface area contributed by atoms with Crippen LogP contribution in [-0.2, 0) is 28.6 Å². The second-order valence-electron chi connectivity index (χ2n) is 30.8. The van der Waals surface area contributed by atoms with E-state index in [0.717, 1.165) is 154 Å². The third kappa shape index (κ3) is 52.7. The van der Waals surface area contributed by atoms with Gasteiger partial charge in [0.15, 0.2) is 54.9 Å². The average Bonchev–Trinajstić information content (AvgIpc) is 0.799. The Morgan fingerprint density at radius 3 is 0.641 bits per heavy atom. The van der Waals surface area contributed by atoms with Gasteiger partial charge in [-0.15, -0.1) is 0 Å². The topological polar surface area (TPSA) is 134 Å². The number of hydrogen-bond donors (Lipinski definition) is 0. The summed E-state index contributed by atoms with van der Waals surface area (Å²) in [5.41, 5.74) is 3.78. The number of fused-ring (bicyclic) bond motifs is 3. The van der Waals surface area contributed by atoms with Gasteiger partial charge >= 0.3 is 0 Å². The Morgan fingerprint density at radius 2 is 0.427 bits per heavy atom. The minimum atomic E-state index is 0.00438. The number of ketones is 3. The van der Waals surface area contributed by atoms with Gasteiger partial charge in [0.05, 0.1) is 19.8 Å². The van der Waals surface area contributed by atoms with E-state index in [1.165, 1.54) is 173 Å². The predicted octanol–water partition coefficient (Wildman–Crippen LogP) is 25.1. The molecular formula is C105H144O12. The number of benzene rings is 3. The maximum Gasteiger partial charge on any atom is 0.206 e. The van der Waals surface area contributed by atoms with E-state index < -0.39 is 0 Å². The lowest BCUT2D eigenvalue weighted by molar-refractivity contribution is -0.114. The molecule has 0 heterocycles. The van der Waals surface area contributed by atoms with Crippen LogP contribution in [0, 0.1) is 107 Å². The Kier molecular flexibility index (Phi) is 62.5. The number of hydrogen-bond acceptors (Lipinski definition) is 12. The summed E-state index contributed by atoms with van der Waals surface area (Å²) in [5.74, 6) is 58.4. The molecule has 0 N–H and O–H groups in total. The number of Topliss-reactive ketones (excluding diaryl/α,β-unsaturated/α-hetero) is 3. The molecule has 117 heavy (non-hydrogen) atoms. The van der Waals surface area contributed by atoms with Gasteiger partial charge in [0.25, 0.3) is 0 Å². The molecule has 3 aromatic carbocycles. The molecular weight excluding hydrogens is 1450 g/mol. The van der Waals surface area contributed by atoms with Crippen LogP contribution >= 0.6 is 0 Å². The van der Waals surface area contributed by atoms with Crippen molar-refractivity contribution in [3.05, 3.63) is 69.8 Å². The summed E-state index contributed by atoms with van der Waals surface area (Å²) < 4.78 is 54.7. The van der Waals surface area contributed by atoms with Gasteiger partial charge in [-0.2, -0.15) is 0 Å². The van der Waals surface area contributed by atoms with Gasteiger partial charge in [-0.1, -0.05) is 324 Å². The van der Waals surface area contributed by atoms with Crippen LogP contribution in [0.15, 0.2) is 36.4 Å². The Balaban J connectivity index is 1.42. The summed E-state index contributed by atoms with van der Waals surface area (Å²) in [6, 6.07) is 11.4. The number of methoxy groups -OCH3 is 3. The molecule has 3 aromatic rings. The highest BCUT2D eigenvalue weighted by molar-refractivity contribution is 5.96. The minimum Gasteiger partial charge on any atom is -0.490 e. The molecule has 12 nitrogen and oxygen atoms in total. The Labute approximate surface area is 710 Å². The molecule has 0 atom stereocenters. The molecule has 0 aliphatic heterocycles. The molecule has 1 aliphatic rings. The molecule has 0 saturated carbocycles. The third-order valence-corrected chi connectivity index (χ3v) is 20.4. The lowest BCUT2D eigenvalue weighted by atomic mass is 10.0. The van der Waals surface area contributed by atoms with Gasteiger partial charge in [0.1, 0.15) is 0 Å². The van der Waals surface area contributed by atoms with Crippen molar-refractivity contribution in [1.82, 2.24) is 0 Å². The Morgan fingerprint density at radius 1 is 0.239 bits per heavy atom. The fourth-order valence-corrected chi connectivity index (χ4v) is 13.5. The lowest BCUT2D eigenvalue weighted by Gasteiger charge is -2.15. The maximum atomic E-state index is 12.1. The molecule has 0 aromatic heterocycles. The zero-order valence-corrected chi connectivity index (χ0v) is 73.3. The standard InChI is InChI=1S/C105H144O12/c1-7-10-13-16-40-49-58-67-97(106)70-61-52-43-34-28-22-19-25-31-37-46-55-64-79-112-100-82-91-73-76-95-86-104(116-89-110-5)102(114-81-66-57-48-39-33-27-21-24-30-36-45-54-63-72-99(108)69-60-51-42-18-15-12-9-3)84-93(95)75-78-96-87-105(117-90-111-6)101(83-92(96)74-77-94(91)85-103(100)115-88-109-4)113-80-65-56-47-38-32-26-20-23-29-35-44-53-62-71-98(107)68-59-50-41-17-14-11-8-2/h82-87H,7-42,46-51,55-60,64-69,79-81,88-90H2,1-6H3. The smallest absolute Gasteiger partial charge is 0.206 e. The number of carbonyl (C=O) groups excluding carboxylic acids is 3. The van der Waals surface area contributed by atoms with E-state index in [-0.39, 0.29) is 37.7 Å². The monoisotopic (exact) mass is 1600 g/mol. The molecule has 0 fully saturated rings. The first kappa shape index (κ1) is 101. The molecule has 0 amide bonds. The van der Waals surface area contributed by atoms with Crippen LogP contribution in [0.4, 0.5) is 0 Å². The average molecular weight is 1600 g/mol. The molecule has 0 unspecified atom stereocenters. The molecule has 4 rings (SSSR count). The highest BCUT2D eigenvalue weighted by Crippen LogP contribution is 2.36. The summed E-state index contributed by atoms with van der Waals surface area (Å²) in [6.45, 7) is 8.17. The molecule has 636 valence electrons. The Bertz CT molecular complexity index is 3460. The van der Waals surface area contributed by atoms with Crippen molar-refractivity contribution < 1.29 is 57.0 Å². The maximum absolute atomic E-state index is 12.1. The zero-order chi connectivity index (χ0) is 83.4. The number of ether oxygens (including phenoxy) is 9. The van der Waals surface area contributed by atoms with E-state index in [0.29, 0.717) is 107 Å². The summed E-state index contributed by atoms with van der Waals surface area (Å²) in [5, 5.41) is 0. The fraction of sp³-hybridized carbons (Fsp3) is 0.629. The highest BCUT2D eigenvalue weighted by atomic mass is 16.7. The van der Waals surface area contributed by atoms with Crippen molar-refractivity contribution >= 4 is 17.3 Å². The molecule has 0 radical (unpaired) electrons. The van der Waals surface area contributed by atoms with Gasteiger partial charge < -0.3 is 42.6 Å². The largest absolute Gasteiger partial charge is 0.490 e. The van der Waals surface area contributed by atoms with Crippen LogP contribution in [0.5, 0.6) is 34.5 Å². The summed E-state index contributed by atoms with van der Waals surface area (Å²) in [6.07, 6.45) is 58.9. The zero-order valence-electron chi connectivity index (χ0n) is 73.3. The first-order valence-corrected chi connectivity index (χ1v) is 45.6. The second-order valence-corrected chi connectivity index (χ2v) is 30.8. The SMILES string of the molecule is CCCCCCCCCC(=O)C#CC#CCCCCCCCCCCCOc1cc2c(cc1OCOC)C#Cc1cc(OCCCCCCCCCCCC#CC#CC(=O)CCCCCCCCC)c(OCOC)cc1C#Cc1cc(OCCCCCCCCCCCC#CC#CC(=O)CCCCCCCCC)c(OCOC)cc1C#C2. The van der Waals surface area contributed by atoms with Gasteiger partial charge in [-0.3, -0.25) is 14.4 Å². The third-order valence-electron chi connectivity index (χ3n) is 20.4. The summed E-state index contributed by atoms with van der Waals surface area (Å²) in [7, 11) is 4.78. The van der Waals surface area contributed by atoms with Crippen LogP contribution in [0.2, 0.25) is 0 Å². The summed E-state index contributed by atoms with van der Waals surface area (Å²) >= 11 is 0. The predicted molar refractivity (Wildman–Crippen MR) is 479 cm³/mol. The van der Waals surface area contributed by atoms with Crippen molar-refractivity contribution in [1.29, 1.82) is 0 Å². The van der Waals surface area contributed by atoms with E-state index >= 15 is 0 Å².